The molecule has 2 heterocycles. The minimum Gasteiger partial charge on any atom is -0.380 e. The predicted molar refractivity (Wildman–Crippen MR) is 107 cm³/mol. The van der Waals surface area contributed by atoms with E-state index in [0.29, 0.717) is 6.04 Å². The lowest BCUT2D eigenvalue weighted by Crippen LogP contribution is -2.41. The normalized spacial score (nSPS) is 15.4. The van der Waals surface area contributed by atoms with Crippen LogP contribution in [0.3, 0.4) is 0 Å². The third-order valence-corrected chi connectivity index (χ3v) is 5.26. The van der Waals surface area contributed by atoms with Gasteiger partial charge >= 0.3 is 0 Å². The van der Waals surface area contributed by atoms with E-state index < -0.39 is 0 Å². The van der Waals surface area contributed by atoms with Gasteiger partial charge in [-0.05, 0) is 49.1 Å². The van der Waals surface area contributed by atoms with Gasteiger partial charge in [-0.2, -0.15) is 0 Å². The number of aryl methyl sites for hydroxylation is 1. The second-order valence-electron chi connectivity index (χ2n) is 7.25. The number of carbonyl (C=O) groups is 1. The Bertz CT molecular complexity index is 921. The van der Waals surface area contributed by atoms with Gasteiger partial charge in [0.1, 0.15) is 0 Å². The molecule has 0 bridgehead atoms. The molecule has 4 rings (SSSR count). The van der Waals surface area contributed by atoms with Gasteiger partial charge in [0.05, 0.1) is 11.2 Å². The lowest BCUT2D eigenvalue weighted by atomic mass is 10.0. The van der Waals surface area contributed by atoms with Crippen LogP contribution in [0.15, 0.2) is 48.5 Å². The van der Waals surface area contributed by atoms with Crippen molar-refractivity contribution >= 4 is 22.5 Å². The molecule has 2 aromatic carbocycles. The Labute approximate surface area is 154 Å². The van der Waals surface area contributed by atoms with Gasteiger partial charge in [-0.1, -0.05) is 30.3 Å². The first-order valence-electron chi connectivity index (χ1n) is 9.31. The maximum Gasteiger partial charge on any atom is 0.219 e. The molecule has 1 aromatic heterocycles. The van der Waals surface area contributed by atoms with E-state index in [-0.39, 0.29) is 5.91 Å². The first kappa shape index (κ1) is 16.7. The maximum absolute atomic E-state index is 11.5. The molecule has 4 heteroatoms. The Kier molecular flexibility index (Phi) is 4.41. The fourth-order valence-electron chi connectivity index (χ4n) is 3.84. The van der Waals surface area contributed by atoms with Crippen LogP contribution in [0.5, 0.6) is 0 Å². The van der Waals surface area contributed by atoms with Crippen LogP contribution in [0.1, 0.15) is 25.3 Å². The van der Waals surface area contributed by atoms with Crippen molar-refractivity contribution in [2.24, 2.45) is 0 Å². The number of hydrogen-bond acceptors (Lipinski definition) is 2. The van der Waals surface area contributed by atoms with E-state index in [9.17, 15) is 4.79 Å². The van der Waals surface area contributed by atoms with Crippen molar-refractivity contribution in [3.8, 4) is 11.3 Å². The molecular formula is C22H25N3O. The Hall–Kier alpha value is -2.75. The first-order chi connectivity index (χ1) is 12.6. The van der Waals surface area contributed by atoms with Crippen molar-refractivity contribution in [1.29, 1.82) is 0 Å². The van der Waals surface area contributed by atoms with Crippen molar-refractivity contribution < 1.29 is 4.79 Å². The van der Waals surface area contributed by atoms with E-state index in [1.807, 2.05) is 11.0 Å². The molecule has 1 aliphatic rings. The summed E-state index contributed by atoms with van der Waals surface area (Å²) in [4.78, 5) is 17.1. The molecule has 4 nitrogen and oxygen atoms in total. The third kappa shape index (κ3) is 3.32. The summed E-state index contributed by atoms with van der Waals surface area (Å²) in [6, 6.07) is 17.5. The number of nitrogens with zero attached hydrogens (tertiary/aromatic N) is 1. The summed E-state index contributed by atoms with van der Waals surface area (Å²) in [5, 5.41) is 4.95. The predicted octanol–water partition coefficient (Wildman–Crippen LogP) is 4.57. The number of carbonyl (C=O) groups excluding carboxylic acids is 1. The zero-order valence-corrected chi connectivity index (χ0v) is 15.4. The number of hydrogen-bond donors (Lipinski definition) is 2. The van der Waals surface area contributed by atoms with E-state index in [1.165, 1.54) is 16.5 Å². The number of amides is 1. The lowest BCUT2D eigenvalue weighted by Gasteiger charge is -2.32. The molecular weight excluding hydrogens is 322 g/mol. The molecule has 1 amide bonds. The Balaban J connectivity index is 1.61. The molecule has 0 radical (unpaired) electrons. The fourth-order valence-corrected chi connectivity index (χ4v) is 3.84. The molecule has 0 atom stereocenters. The van der Waals surface area contributed by atoms with Crippen molar-refractivity contribution in [3.05, 3.63) is 54.1 Å². The number of fused-ring (bicyclic) bond motifs is 1. The molecule has 2 N–H and O–H groups in total. The smallest absolute Gasteiger partial charge is 0.219 e. The highest BCUT2D eigenvalue weighted by Crippen LogP contribution is 2.31. The summed E-state index contributed by atoms with van der Waals surface area (Å²) in [7, 11) is 0. The molecule has 0 spiro atoms. The monoisotopic (exact) mass is 347 g/mol. The molecule has 0 unspecified atom stereocenters. The highest BCUT2D eigenvalue weighted by atomic mass is 16.2. The van der Waals surface area contributed by atoms with Crippen molar-refractivity contribution in [1.82, 2.24) is 9.88 Å². The molecule has 0 saturated carbocycles. The first-order valence-corrected chi connectivity index (χ1v) is 9.31. The summed E-state index contributed by atoms with van der Waals surface area (Å²) in [5.41, 5.74) is 5.90. The van der Waals surface area contributed by atoms with Crippen LogP contribution in [0.4, 0.5) is 5.69 Å². The van der Waals surface area contributed by atoms with E-state index in [1.54, 1.807) is 6.92 Å². The number of rotatable bonds is 3. The van der Waals surface area contributed by atoms with Crippen LogP contribution in [-0.4, -0.2) is 34.9 Å². The molecule has 1 aliphatic heterocycles. The number of piperidine rings is 1. The number of aromatic amines is 1. The van der Waals surface area contributed by atoms with Gasteiger partial charge in [-0.15, -0.1) is 0 Å². The van der Waals surface area contributed by atoms with E-state index in [0.717, 1.165) is 42.8 Å². The topological polar surface area (TPSA) is 48.1 Å². The Morgan fingerprint density at radius 2 is 1.85 bits per heavy atom. The highest BCUT2D eigenvalue weighted by Gasteiger charge is 2.21. The molecule has 1 fully saturated rings. The molecule has 1 saturated heterocycles. The summed E-state index contributed by atoms with van der Waals surface area (Å²) in [6.45, 7) is 5.46. The number of anilines is 1. The SMILES string of the molecule is CC(=O)N1CCC(Nc2cc(C)cc3cc(-c4ccccc4)[nH]c23)CC1. The van der Waals surface area contributed by atoms with Crippen LogP contribution in [0.2, 0.25) is 0 Å². The molecule has 3 aromatic rings. The van der Waals surface area contributed by atoms with Gasteiger partial charge in [0.25, 0.3) is 0 Å². The lowest BCUT2D eigenvalue weighted by molar-refractivity contribution is -0.129. The fraction of sp³-hybridized carbons (Fsp3) is 0.318. The Morgan fingerprint density at radius 1 is 1.12 bits per heavy atom. The van der Waals surface area contributed by atoms with E-state index in [4.69, 9.17) is 0 Å². The van der Waals surface area contributed by atoms with Crippen LogP contribution >= 0.6 is 0 Å². The number of H-pyrrole nitrogens is 1. The molecule has 0 aliphatic carbocycles. The zero-order chi connectivity index (χ0) is 18.1. The standard InChI is InChI=1S/C22H25N3O/c1-15-12-18-14-20(17-6-4-3-5-7-17)24-22(18)21(13-15)23-19-8-10-25(11-9-19)16(2)26/h3-7,12-14,19,23-24H,8-11H2,1-2H3. The van der Waals surface area contributed by atoms with Crippen LogP contribution in [0.25, 0.3) is 22.2 Å². The third-order valence-electron chi connectivity index (χ3n) is 5.26. The van der Waals surface area contributed by atoms with E-state index in [2.05, 4.69) is 59.7 Å². The Morgan fingerprint density at radius 3 is 2.54 bits per heavy atom. The van der Waals surface area contributed by atoms with Gasteiger partial charge < -0.3 is 15.2 Å². The second-order valence-corrected chi connectivity index (χ2v) is 7.25. The van der Waals surface area contributed by atoms with Crippen LogP contribution < -0.4 is 5.32 Å². The summed E-state index contributed by atoms with van der Waals surface area (Å²) in [5.74, 6) is 0.179. The van der Waals surface area contributed by atoms with Crippen molar-refractivity contribution in [2.75, 3.05) is 18.4 Å². The van der Waals surface area contributed by atoms with E-state index >= 15 is 0 Å². The van der Waals surface area contributed by atoms with Crippen LogP contribution in [0, 0.1) is 6.92 Å². The minimum atomic E-state index is 0.179. The second kappa shape index (κ2) is 6.87. The molecule has 26 heavy (non-hydrogen) atoms. The zero-order valence-electron chi connectivity index (χ0n) is 15.4. The number of aromatic nitrogens is 1. The average molecular weight is 347 g/mol. The minimum absolute atomic E-state index is 0.179. The van der Waals surface area contributed by atoms with Gasteiger partial charge in [0, 0.05) is 37.1 Å². The van der Waals surface area contributed by atoms with Gasteiger partial charge in [0.15, 0.2) is 0 Å². The van der Waals surface area contributed by atoms with Gasteiger partial charge in [0.2, 0.25) is 5.91 Å². The van der Waals surface area contributed by atoms with Crippen molar-refractivity contribution in [3.63, 3.8) is 0 Å². The van der Waals surface area contributed by atoms with Crippen LogP contribution in [-0.2, 0) is 4.79 Å². The number of benzene rings is 2. The van der Waals surface area contributed by atoms with Gasteiger partial charge in [-0.25, -0.2) is 0 Å². The molecule has 134 valence electrons. The summed E-state index contributed by atoms with van der Waals surface area (Å²) in [6.07, 6.45) is 1.97. The largest absolute Gasteiger partial charge is 0.380 e. The number of likely N-dealkylation sites (tertiary alicyclic amines) is 1. The number of nitrogens with one attached hydrogen (secondary N) is 2. The van der Waals surface area contributed by atoms with Gasteiger partial charge in [-0.3, -0.25) is 4.79 Å². The summed E-state index contributed by atoms with van der Waals surface area (Å²) >= 11 is 0. The average Bonchev–Trinajstić information content (AvgIpc) is 3.07. The summed E-state index contributed by atoms with van der Waals surface area (Å²) < 4.78 is 0. The highest BCUT2D eigenvalue weighted by molar-refractivity contribution is 5.95. The quantitative estimate of drug-likeness (QED) is 0.729. The maximum atomic E-state index is 11.5. The van der Waals surface area contributed by atoms with Crippen molar-refractivity contribution in [2.45, 2.75) is 32.7 Å².